The SMILES string of the molecule is CCC(=O)OC1C2C=C(COC(C)=O)C(OC(=O)C(C)C)C(OC(C)=O)C(OC(=O)c3cccnc3)C(C)(C)C=CC(C)C(=O)C2(OC(C)=O)CC1(C)OC(C)=O. The molecule has 0 spiro atoms. The number of carbonyl (C=O) groups is 8. The Kier molecular flexibility index (Phi) is 15.1. The highest BCUT2D eigenvalue weighted by Crippen LogP contribution is 2.52. The maximum atomic E-state index is 15.0. The van der Waals surface area contributed by atoms with Crippen molar-refractivity contribution in [2.45, 2.75) is 125 Å². The first-order chi connectivity index (χ1) is 26.5. The number of pyridine rings is 1. The molecule has 8 unspecified atom stereocenters. The van der Waals surface area contributed by atoms with Crippen LogP contribution in [0.15, 0.2) is 48.3 Å². The van der Waals surface area contributed by atoms with Crippen LogP contribution in [-0.2, 0) is 66.7 Å². The summed E-state index contributed by atoms with van der Waals surface area (Å²) in [6, 6.07) is 2.96. The first-order valence-electron chi connectivity index (χ1n) is 18.6. The van der Waals surface area contributed by atoms with Crippen LogP contribution in [0.2, 0.25) is 0 Å². The van der Waals surface area contributed by atoms with Gasteiger partial charge in [-0.15, -0.1) is 0 Å². The van der Waals surface area contributed by atoms with Crippen molar-refractivity contribution in [3.8, 4) is 0 Å². The predicted molar refractivity (Wildman–Crippen MR) is 198 cm³/mol. The van der Waals surface area contributed by atoms with Crippen LogP contribution in [0.1, 0.15) is 99.4 Å². The van der Waals surface area contributed by atoms with Gasteiger partial charge in [0.25, 0.3) is 0 Å². The van der Waals surface area contributed by atoms with Gasteiger partial charge in [-0.05, 0) is 19.1 Å². The minimum absolute atomic E-state index is 0.0300. The lowest BCUT2D eigenvalue weighted by molar-refractivity contribution is -0.181. The summed E-state index contributed by atoms with van der Waals surface area (Å²) >= 11 is 0. The summed E-state index contributed by atoms with van der Waals surface area (Å²) in [6.07, 6.45) is -0.144. The molecule has 1 aromatic heterocycles. The van der Waals surface area contributed by atoms with Crippen LogP contribution in [0.3, 0.4) is 0 Å². The Morgan fingerprint density at radius 1 is 0.860 bits per heavy atom. The van der Waals surface area contributed by atoms with Crippen molar-refractivity contribution in [2.24, 2.45) is 23.2 Å². The molecule has 3 rings (SSSR count). The number of carbonyl (C=O) groups excluding carboxylic acids is 8. The number of hydrogen-bond donors (Lipinski definition) is 0. The Morgan fingerprint density at radius 2 is 1.51 bits per heavy atom. The van der Waals surface area contributed by atoms with Crippen LogP contribution < -0.4 is 0 Å². The Bertz CT molecular complexity index is 1780. The molecule has 16 heteroatoms. The molecule has 2 aliphatic rings. The van der Waals surface area contributed by atoms with E-state index in [0.717, 1.165) is 27.7 Å². The van der Waals surface area contributed by atoms with Gasteiger partial charge in [0.1, 0.15) is 6.61 Å². The number of hydrogen-bond acceptors (Lipinski definition) is 16. The number of esters is 7. The van der Waals surface area contributed by atoms with Crippen LogP contribution in [0, 0.1) is 23.2 Å². The van der Waals surface area contributed by atoms with E-state index in [1.165, 1.54) is 77.4 Å². The number of aromatic nitrogens is 1. The smallest absolute Gasteiger partial charge is 0.340 e. The van der Waals surface area contributed by atoms with Crippen LogP contribution in [0.4, 0.5) is 0 Å². The summed E-state index contributed by atoms with van der Waals surface area (Å²) in [5.41, 5.74) is -5.53. The molecule has 57 heavy (non-hydrogen) atoms. The lowest BCUT2D eigenvalue weighted by Crippen LogP contribution is -2.54. The maximum absolute atomic E-state index is 15.0. The molecule has 1 fully saturated rings. The van der Waals surface area contributed by atoms with Gasteiger partial charge in [0.2, 0.25) is 0 Å². The fourth-order valence-corrected chi connectivity index (χ4v) is 7.09. The van der Waals surface area contributed by atoms with Gasteiger partial charge < -0.3 is 33.2 Å². The molecule has 2 aliphatic carbocycles. The van der Waals surface area contributed by atoms with Gasteiger partial charge in [-0.2, -0.15) is 0 Å². The van der Waals surface area contributed by atoms with Crippen molar-refractivity contribution < 1.29 is 71.5 Å². The van der Waals surface area contributed by atoms with Crippen molar-refractivity contribution in [3.05, 3.63) is 53.9 Å². The number of rotatable bonds is 11. The first kappa shape index (κ1) is 46.0. The largest absolute Gasteiger partial charge is 0.461 e. The maximum Gasteiger partial charge on any atom is 0.340 e. The van der Waals surface area contributed by atoms with Gasteiger partial charge >= 0.3 is 41.8 Å². The van der Waals surface area contributed by atoms with Gasteiger partial charge in [-0.3, -0.25) is 38.5 Å². The van der Waals surface area contributed by atoms with Crippen LogP contribution in [0.25, 0.3) is 0 Å². The van der Waals surface area contributed by atoms with Crippen molar-refractivity contribution in [1.82, 2.24) is 4.98 Å². The standard InChI is InChI=1S/C41H53NO15/c1-12-31(47)53-35-30-18-29(20-51-24(5)43)32(54-37(49)22(2)3)33(52-25(6)44)36(55-38(50)28-14-13-17-42-19-28)39(9,10)16-15-23(4)34(48)41(30,57-27(8)46)21-40(35,11)56-26(7)45/h13-19,22-23,30,32-33,35-36H,12,20-21H2,1-11H3. The molecule has 312 valence electrons. The summed E-state index contributed by atoms with van der Waals surface area (Å²) < 4.78 is 41.3. The molecular weight excluding hydrogens is 746 g/mol. The minimum Gasteiger partial charge on any atom is -0.461 e. The number of ether oxygens (including phenoxy) is 7. The number of nitrogens with zero attached hydrogens (tertiary/aromatic N) is 1. The highest BCUT2D eigenvalue weighted by molar-refractivity contribution is 5.94. The molecule has 0 radical (unpaired) electrons. The molecule has 0 N–H and O–H groups in total. The van der Waals surface area contributed by atoms with Crippen LogP contribution in [-0.4, -0.2) is 94.8 Å². The fraction of sp³-hybridized carbons (Fsp3) is 0.585. The van der Waals surface area contributed by atoms with Crippen LogP contribution in [0.5, 0.6) is 0 Å². The molecule has 8 atom stereocenters. The van der Waals surface area contributed by atoms with E-state index in [4.69, 9.17) is 33.2 Å². The molecule has 0 aromatic carbocycles. The van der Waals surface area contributed by atoms with E-state index < -0.39 is 119 Å². The van der Waals surface area contributed by atoms with Crippen LogP contribution >= 0.6 is 0 Å². The first-order valence-corrected chi connectivity index (χ1v) is 18.6. The van der Waals surface area contributed by atoms with E-state index in [0.29, 0.717) is 0 Å². The quantitative estimate of drug-likeness (QED) is 0.173. The average molecular weight is 800 g/mol. The molecule has 1 heterocycles. The molecule has 0 saturated heterocycles. The summed E-state index contributed by atoms with van der Waals surface area (Å²) in [7, 11) is 0. The summed E-state index contributed by atoms with van der Waals surface area (Å²) in [4.78, 5) is 111. The Balaban J connectivity index is 2.61. The minimum atomic E-state index is -2.24. The van der Waals surface area contributed by atoms with Gasteiger partial charge in [0.05, 0.1) is 17.4 Å². The second kappa shape index (κ2) is 18.7. The Hall–Kier alpha value is -5.41. The number of Topliss-reactive ketones (excluding diaryl/α,β-unsaturated/α-hetero) is 1. The third-order valence-corrected chi connectivity index (χ3v) is 9.65. The summed E-state index contributed by atoms with van der Waals surface area (Å²) in [5.74, 6) is -10.0. The van der Waals surface area contributed by atoms with Gasteiger partial charge in [0.15, 0.2) is 41.4 Å². The molecule has 0 bridgehead atoms. The zero-order valence-electron chi connectivity index (χ0n) is 34.3. The Morgan fingerprint density at radius 3 is 2.04 bits per heavy atom. The zero-order chi connectivity index (χ0) is 43.0. The molecule has 0 aliphatic heterocycles. The van der Waals surface area contributed by atoms with E-state index in [1.807, 2.05) is 0 Å². The highest BCUT2D eigenvalue weighted by atomic mass is 16.6. The topological polar surface area (TPSA) is 214 Å². The second-order valence-electron chi connectivity index (χ2n) is 15.4. The van der Waals surface area contributed by atoms with E-state index >= 15 is 0 Å². The monoisotopic (exact) mass is 799 g/mol. The third kappa shape index (κ3) is 11.1. The van der Waals surface area contributed by atoms with Crippen molar-refractivity contribution in [2.75, 3.05) is 6.61 Å². The highest BCUT2D eigenvalue weighted by Gasteiger charge is 2.68. The van der Waals surface area contributed by atoms with Crippen molar-refractivity contribution >= 4 is 47.6 Å². The molecular formula is C41H53NO15. The number of ketones is 1. The van der Waals surface area contributed by atoms with E-state index in [2.05, 4.69) is 4.98 Å². The normalized spacial score (nSPS) is 28.3. The van der Waals surface area contributed by atoms with E-state index in [1.54, 1.807) is 13.8 Å². The second-order valence-corrected chi connectivity index (χ2v) is 15.4. The fourth-order valence-electron chi connectivity index (χ4n) is 7.09. The van der Waals surface area contributed by atoms with Crippen molar-refractivity contribution in [3.63, 3.8) is 0 Å². The average Bonchev–Trinajstić information content (AvgIpc) is 3.33. The molecule has 1 aromatic rings. The summed E-state index contributed by atoms with van der Waals surface area (Å²) in [5, 5.41) is 0. The van der Waals surface area contributed by atoms with Gasteiger partial charge in [-0.25, -0.2) is 4.79 Å². The van der Waals surface area contributed by atoms with E-state index in [-0.39, 0.29) is 17.6 Å². The lowest BCUT2D eigenvalue weighted by Gasteiger charge is -2.41. The molecule has 1 saturated carbocycles. The van der Waals surface area contributed by atoms with E-state index in [9.17, 15) is 38.4 Å². The molecule has 16 nitrogen and oxygen atoms in total. The van der Waals surface area contributed by atoms with Gasteiger partial charge in [-0.1, -0.05) is 59.8 Å². The Labute approximate surface area is 331 Å². The third-order valence-electron chi connectivity index (χ3n) is 9.65. The lowest BCUT2D eigenvalue weighted by atomic mass is 9.75. The predicted octanol–water partition coefficient (Wildman–Crippen LogP) is 4.36. The number of allylic oxidation sites excluding steroid dienone is 1. The molecule has 0 amide bonds. The van der Waals surface area contributed by atoms with Gasteiger partial charge in [0, 0.05) is 69.8 Å². The zero-order valence-corrected chi connectivity index (χ0v) is 34.3. The summed E-state index contributed by atoms with van der Waals surface area (Å²) in [6.45, 7) is 14.5. The van der Waals surface area contributed by atoms with Crippen molar-refractivity contribution in [1.29, 1.82) is 0 Å². The number of fused-ring (bicyclic) bond motifs is 1.